The van der Waals surface area contributed by atoms with Gasteiger partial charge in [0, 0.05) is 12.4 Å². The summed E-state index contributed by atoms with van der Waals surface area (Å²) in [7, 11) is 0. The fourth-order valence-electron chi connectivity index (χ4n) is 2.72. The van der Waals surface area contributed by atoms with Crippen molar-refractivity contribution in [2.75, 3.05) is 0 Å². The fourth-order valence-corrected chi connectivity index (χ4v) is 2.72. The Bertz CT molecular complexity index is 284. The second-order valence-corrected chi connectivity index (χ2v) is 5.26. The van der Waals surface area contributed by atoms with Gasteiger partial charge in [0.15, 0.2) is 0 Å². The molecule has 0 saturated heterocycles. The molecule has 1 aliphatic rings. The molecule has 0 bridgehead atoms. The zero-order valence-corrected chi connectivity index (χ0v) is 10.8. The molecule has 1 heteroatoms. The lowest BCUT2D eigenvalue weighted by molar-refractivity contribution is 0.514. The maximum Gasteiger partial charge on any atom is 0.0270 e. The van der Waals surface area contributed by atoms with Crippen molar-refractivity contribution in [3.8, 4) is 0 Å². The normalized spacial score (nSPS) is 20.0. The van der Waals surface area contributed by atoms with Gasteiger partial charge in [0.2, 0.25) is 0 Å². The molecule has 1 aromatic rings. The van der Waals surface area contributed by atoms with E-state index in [1.807, 2.05) is 12.4 Å². The smallest absolute Gasteiger partial charge is 0.0270 e. The average molecular weight is 230 g/mol. The third kappa shape index (κ3) is 4.89. The van der Waals surface area contributed by atoms with Crippen molar-refractivity contribution in [3.63, 3.8) is 0 Å². The van der Waals surface area contributed by atoms with E-state index in [1.165, 1.54) is 69.8 Å². The van der Waals surface area contributed by atoms with Crippen LogP contribution in [-0.2, 0) is 6.42 Å². The van der Waals surface area contributed by atoms with Crippen LogP contribution in [0.2, 0.25) is 0 Å². The Hall–Kier alpha value is -0.850. The molecule has 0 unspecified atom stereocenters. The number of pyridine rings is 1. The third-order valence-electron chi connectivity index (χ3n) is 3.76. The summed E-state index contributed by atoms with van der Waals surface area (Å²) in [6.45, 7) is 0. The fraction of sp³-hybridized carbons (Fsp3) is 0.625. The van der Waals surface area contributed by atoms with Gasteiger partial charge in [-0.05, 0) is 42.9 Å². The Balaban J connectivity index is 1.83. The van der Waals surface area contributed by atoms with Gasteiger partial charge in [-0.1, -0.05) is 44.9 Å². The van der Waals surface area contributed by atoms with Crippen LogP contribution in [0, 0.1) is 5.92 Å². The van der Waals surface area contributed by atoms with Crippen LogP contribution in [0.1, 0.15) is 63.4 Å². The molecule has 17 heavy (non-hydrogen) atoms. The minimum Gasteiger partial charge on any atom is -0.265 e. The van der Waals surface area contributed by atoms with Crippen LogP contribution < -0.4 is 0 Å². The highest BCUT2D eigenvalue weighted by Gasteiger charge is 2.11. The monoisotopic (exact) mass is 230 g/mol. The summed E-state index contributed by atoms with van der Waals surface area (Å²) in [5.74, 6) is 1.76. The Morgan fingerprint density at radius 1 is 0.765 bits per heavy atom. The maximum absolute atomic E-state index is 4.09. The summed E-state index contributed by atoms with van der Waals surface area (Å²) in [6, 6.07) is 4.32. The second kappa shape index (κ2) is 7.47. The summed E-state index contributed by atoms with van der Waals surface area (Å²) in [6.07, 6.45) is 17.7. The molecule has 1 saturated carbocycles. The van der Waals surface area contributed by atoms with Crippen molar-refractivity contribution in [1.29, 1.82) is 0 Å². The predicted octanol–water partition coefficient (Wildman–Crippen LogP) is 4.72. The Morgan fingerprint density at radius 2 is 1.29 bits per heavy atom. The van der Waals surface area contributed by atoms with Crippen LogP contribution >= 0.6 is 0 Å². The van der Waals surface area contributed by atoms with Gasteiger partial charge in [-0.3, -0.25) is 4.98 Å². The molecule has 0 N–H and O–H groups in total. The van der Waals surface area contributed by atoms with Crippen LogP contribution in [0.4, 0.5) is 0 Å². The Labute approximate surface area is 106 Å². The molecule has 1 aromatic heterocycles. The predicted molar refractivity (Wildman–Crippen MR) is 72.7 cm³/mol. The van der Waals surface area contributed by atoms with E-state index in [0.717, 1.165) is 0 Å². The molecule has 0 spiro atoms. The van der Waals surface area contributed by atoms with Crippen molar-refractivity contribution >= 4 is 0 Å². The van der Waals surface area contributed by atoms with Crippen molar-refractivity contribution in [3.05, 3.63) is 36.0 Å². The summed E-state index contributed by atoms with van der Waals surface area (Å²) in [5.41, 5.74) is 1.44. The molecule has 1 fully saturated rings. The number of aromatic nitrogens is 1. The molecular weight excluding hydrogens is 206 g/mol. The quantitative estimate of drug-likeness (QED) is 0.716. The van der Waals surface area contributed by atoms with E-state index in [1.54, 1.807) is 5.92 Å². The molecule has 2 rings (SSSR count). The standard InChI is InChI=1S/C16H24N/c1-2-4-6-8-15(9-7-5-3-1)14-16-10-12-17-13-11-16/h10-13H,1-9,14H2. The lowest BCUT2D eigenvalue weighted by Crippen LogP contribution is -2.04. The molecule has 0 amide bonds. The van der Waals surface area contributed by atoms with Crippen LogP contribution in [-0.4, -0.2) is 4.98 Å². The van der Waals surface area contributed by atoms with Gasteiger partial charge in [0.25, 0.3) is 0 Å². The van der Waals surface area contributed by atoms with E-state index >= 15 is 0 Å². The van der Waals surface area contributed by atoms with Gasteiger partial charge in [-0.25, -0.2) is 0 Å². The summed E-state index contributed by atoms with van der Waals surface area (Å²) in [4.78, 5) is 4.09. The SMILES string of the molecule is c1cc(C[C]2CCCCCCCCC2)ccn1. The first-order chi connectivity index (χ1) is 8.45. The first-order valence-corrected chi connectivity index (χ1v) is 7.17. The largest absolute Gasteiger partial charge is 0.265 e. The van der Waals surface area contributed by atoms with Gasteiger partial charge in [-0.15, -0.1) is 0 Å². The van der Waals surface area contributed by atoms with E-state index < -0.39 is 0 Å². The van der Waals surface area contributed by atoms with Crippen molar-refractivity contribution in [1.82, 2.24) is 4.98 Å². The van der Waals surface area contributed by atoms with Gasteiger partial charge in [0.05, 0.1) is 0 Å². The summed E-state index contributed by atoms with van der Waals surface area (Å²) in [5, 5.41) is 0. The second-order valence-electron chi connectivity index (χ2n) is 5.26. The first kappa shape index (κ1) is 12.6. The van der Waals surface area contributed by atoms with Crippen molar-refractivity contribution in [2.24, 2.45) is 0 Å². The van der Waals surface area contributed by atoms with Crippen LogP contribution in [0.5, 0.6) is 0 Å². The minimum absolute atomic E-state index is 1.18. The highest BCUT2D eigenvalue weighted by atomic mass is 14.6. The Kier molecular flexibility index (Phi) is 5.54. The maximum atomic E-state index is 4.09. The van der Waals surface area contributed by atoms with Crippen LogP contribution in [0.25, 0.3) is 0 Å². The van der Waals surface area contributed by atoms with Crippen molar-refractivity contribution < 1.29 is 0 Å². The molecule has 0 atom stereocenters. The third-order valence-corrected chi connectivity index (χ3v) is 3.76. The summed E-state index contributed by atoms with van der Waals surface area (Å²) < 4.78 is 0. The molecule has 93 valence electrons. The number of hydrogen-bond donors (Lipinski definition) is 0. The van der Waals surface area contributed by atoms with Gasteiger partial charge in [0.1, 0.15) is 0 Å². The lowest BCUT2D eigenvalue weighted by Gasteiger charge is -2.17. The number of nitrogens with zero attached hydrogens (tertiary/aromatic N) is 1. The summed E-state index contributed by atoms with van der Waals surface area (Å²) >= 11 is 0. The highest BCUT2D eigenvalue weighted by molar-refractivity contribution is 5.15. The molecule has 1 aliphatic carbocycles. The molecule has 1 nitrogen and oxygen atoms in total. The molecule has 1 heterocycles. The minimum atomic E-state index is 1.18. The lowest BCUT2D eigenvalue weighted by atomic mass is 9.88. The van der Waals surface area contributed by atoms with E-state index in [2.05, 4.69) is 17.1 Å². The molecule has 1 radical (unpaired) electrons. The van der Waals surface area contributed by atoms with E-state index in [-0.39, 0.29) is 0 Å². The Morgan fingerprint density at radius 3 is 1.88 bits per heavy atom. The molecular formula is C16H24N. The topological polar surface area (TPSA) is 12.9 Å². The van der Waals surface area contributed by atoms with Crippen LogP contribution in [0.3, 0.4) is 0 Å². The van der Waals surface area contributed by atoms with Crippen molar-refractivity contribution in [2.45, 2.75) is 64.2 Å². The molecule has 0 aliphatic heterocycles. The average Bonchev–Trinajstić information content (AvgIpc) is 2.38. The van der Waals surface area contributed by atoms with E-state index in [4.69, 9.17) is 0 Å². The number of hydrogen-bond acceptors (Lipinski definition) is 1. The highest BCUT2D eigenvalue weighted by Crippen LogP contribution is 2.26. The first-order valence-electron chi connectivity index (χ1n) is 7.17. The van der Waals surface area contributed by atoms with Gasteiger partial charge < -0.3 is 0 Å². The molecule has 0 aromatic carbocycles. The van der Waals surface area contributed by atoms with E-state index in [9.17, 15) is 0 Å². The van der Waals surface area contributed by atoms with Gasteiger partial charge >= 0.3 is 0 Å². The van der Waals surface area contributed by atoms with Crippen LogP contribution in [0.15, 0.2) is 24.5 Å². The zero-order chi connectivity index (χ0) is 11.8. The van der Waals surface area contributed by atoms with E-state index in [0.29, 0.717) is 0 Å². The number of rotatable bonds is 2. The zero-order valence-electron chi connectivity index (χ0n) is 10.8. The van der Waals surface area contributed by atoms with Gasteiger partial charge in [-0.2, -0.15) is 0 Å².